The van der Waals surface area contributed by atoms with E-state index in [1.165, 1.54) is 42.5 Å². The molecule has 3 heterocycles. The van der Waals surface area contributed by atoms with Crippen molar-refractivity contribution in [2.75, 3.05) is 18.8 Å². The number of aromatic nitrogens is 2. The smallest absolute Gasteiger partial charge is 0.232 e. The molecule has 140 valence electrons. The Morgan fingerprint density at radius 3 is 2.73 bits per heavy atom. The van der Waals surface area contributed by atoms with Crippen LogP contribution < -0.4 is 0 Å². The van der Waals surface area contributed by atoms with Gasteiger partial charge in [0, 0.05) is 23.4 Å². The van der Waals surface area contributed by atoms with Crippen LogP contribution >= 0.6 is 23.1 Å². The van der Waals surface area contributed by atoms with Gasteiger partial charge < -0.3 is 4.90 Å². The minimum absolute atomic E-state index is 0.271. The van der Waals surface area contributed by atoms with Crippen molar-refractivity contribution in [2.24, 2.45) is 11.8 Å². The van der Waals surface area contributed by atoms with Crippen molar-refractivity contribution < 1.29 is 4.79 Å². The van der Waals surface area contributed by atoms with Gasteiger partial charge >= 0.3 is 0 Å². The third-order valence-corrected chi connectivity index (χ3v) is 8.14. The molecule has 0 spiro atoms. The molecule has 6 heteroatoms. The van der Waals surface area contributed by atoms with E-state index in [2.05, 4.69) is 28.7 Å². The van der Waals surface area contributed by atoms with Crippen LogP contribution in [0, 0.1) is 32.6 Å². The summed E-state index contributed by atoms with van der Waals surface area (Å²) < 4.78 is 0. The van der Waals surface area contributed by atoms with Gasteiger partial charge in [-0.1, -0.05) is 31.0 Å². The Balaban J connectivity index is 1.45. The summed E-state index contributed by atoms with van der Waals surface area (Å²) in [4.78, 5) is 26.5. The van der Waals surface area contributed by atoms with Gasteiger partial charge in [0.25, 0.3) is 0 Å². The number of thiophene rings is 1. The van der Waals surface area contributed by atoms with Gasteiger partial charge in [-0.15, -0.1) is 11.3 Å². The molecular weight excluding hydrogens is 362 g/mol. The minimum atomic E-state index is 0.271. The fourth-order valence-electron chi connectivity index (χ4n) is 4.47. The number of fused-ring (bicyclic) bond motifs is 2. The van der Waals surface area contributed by atoms with E-state index in [-0.39, 0.29) is 5.91 Å². The van der Waals surface area contributed by atoms with Crippen LogP contribution in [0.25, 0.3) is 10.2 Å². The molecule has 2 atom stereocenters. The maximum atomic E-state index is 12.8. The normalized spacial score (nSPS) is 23.3. The largest absolute Gasteiger partial charge is 0.342 e. The summed E-state index contributed by atoms with van der Waals surface area (Å²) in [5.74, 6) is 3.14. The topological polar surface area (TPSA) is 46.1 Å². The predicted octanol–water partition coefficient (Wildman–Crippen LogP) is 4.75. The van der Waals surface area contributed by atoms with Crippen molar-refractivity contribution in [1.82, 2.24) is 14.9 Å². The van der Waals surface area contributed by atoms with Crippen LogP contribution in [0.2, 0.25) is 0 Å². The number of thioether (sulfide) groups is 1. The number of rotatable bonds is 3. The van der Waals surface area contributed by atoms with Crippen LogP contribution in [-0.2, 0) is 4.79 Å². The molecule has 4 rings (SSSR count). The SMILES string of the molecule is Cc1nc(SCC(=O)N2CC[C@@H]3CCCC[C@H]3C2)c2c(C)c(C)sc2n1. The summed E-state index contributed by atoms with van der Waals surface area (Å²) in [6, 6.07) is 0. The Morgan fingerprint density at radius 2 is 1.92 bits per heavy atom. The predicted molar refractivity (Wildman–Crippen MR) is 109 cm³/mol. The van der Waals surface area contributed by atoms with E-state index in [0.717, 1.165) is 46.0 Å². The highest BCUT2D eigenvalue weighted by Crippen LogP contribution is 2.37. The molecular formula is C20H27N3OS2. The number of carbonyl (C=O) groups is 1. The highest BCUT2D eigenvalue weighted by atomic mass is 32.2. The second-order valence-corrected chi connectivity index (χ2v) is 9.93. The molecule has 0 bridgehead atoms. The van der Waals surface area contributed by atoms with E-state index in [4.69, 9.17) is 0 Å². The molecule has 1 saturated carbocycles. The molecule has 0 unspecified atom stereocenters. The molecule has 26 heavy (non-hydrogen) atoms. The second kappa shape index (κ2) is 7.47. The highest BCUT2D eigenvalue weighted by Gasteiger charge is 2.32. The first-order valence-electron chi connectivity index (χ1n) is 9.68. The Kier molecular flexibility index (Phi) is 5.24. The number of piperidine rings is 1. The van der Waals surface area contributed by atoms with Crippen LogP contribution in [0.3, 0.4) is 0 Å². The van der Waals surface area contributed by atoms with Crippen LogP contribution in [-0.4, -0.2) is 39.6 Å². The highest BCUT2D eigenvalue weighted by molar-refractivity contribution is 8.00. The quantitative estimate of drug-likeness (QED) is 0.561. The maximum Gasteiger partial charge on any atom is 0.232 e. The minimum Gasteiger partial charge on any atom is -0.342 e. The first-order valence-corrected chi connectivity index (χ1v) is 11.5. The summed E-state index contributed by atoms with van der Waals surface area (Å²) in [7, 11) is 0. The van der Waals surface area contributed by atoms with Crippen LogP contribution in [0.5, 0.6) is 0 Å². The van der Waals surface area contributed by atoms with Crippen LogP contribution in [0.1, 0.15) is 48.4 Å². The molecule has 2 aromatic rings. The standard InChI is InChI=1S/C20H27N3OS2/c1-12-13(2)26-20-18(12)19(21-14(3)22-20)25-11-17(24)23-9-8-15-6-4-5-7-16(15)10-23/h15-16H,4-11H2,1-3H3/t15-,16-/m0/s1. The van der Waals surface area contributed by atoms with Crippen LogP contribution in [0.4, 0.5) is 0 Å². The third-order valence-electron chi connectivity index (χ3n) is 6.08. The van der Waals surface area contributed by atoms with Gasteiger partial charge in [0.15, 0.2) is 0 Å². The van der Waals surface area contributed by atoms with Gasteiger partial charge in [-0.25, -0.2) is 9.97 Å². The summed E-state index contributed by atoms with van der Waals surface area (Å²) in [5, 5.41) is 2.11. The summed E-state index contributed by atoms with van der Waals surface area (Å²) in [6.45, 7) is 8.11. The number of aryl methyl sites for hydroxylation is 3. The van der Waals surface area contributed by atoms with E-state index < -0.39 is 0 Å². The molecule has 0 aromatic carbocycles. The first-order chi connectivity index (χ1) is 12.5. The zero-order valence-electron chi connectivity index (χ0n) is 15.9. The number of nitrogens with zero attached hydrogens (tertiary/aromatic N) is 3. The molecule has 2 aromatic heterocycles. The number of carbonyl (C=O) groups excluding carboxylic acids is 1. The van der Waals surface area contributed by atoms with E-state index in [1.54, 1.807) is 23.1 Å². The van der Waals surface area contributed by atoms with E-state index in [0.29, 0.717) is 5.75 Å². The van der Waals surface area contributed by atoms with E-state index in [1.807, 2.05) is 6.92 Å². The van der Waals surface area contributed by atoms with Crippen molar-refractivity contribution in [2.45, 2.75) is 57.9 Å². The Hall–Kier alpha value is -1.14. The van der Waals surface area contributed by atoms with E-state index in [9.17, 15) is 4.79 Å². The summed E-state index contributed by atoms with van der Waals surface area (Å²) in [5.41, 5.74) is 1.25. The Bertz CT molecular complexity index is 832. The lowest BCUT2D eigenvalue weighted by Gasteiger charge is -2.41. The van der Waals surface area contributed by atoms with Gasteiger partial charge in [0.2, 0.25) is 5.91 Å². The zero-order valence-corrected chi connectivity index (χ0v) is 17.5. The van der Waals surface area contributed by atoms with E-state index >= 15 is 0 Å². The molecule has 2 aliphatic rings. The Morgan fingerprint density at radius 1 is 1.15 bits per heavy atom. The van der Waals surface area contributed by atoms with Crippen molar-refractivity contribution in [1.29, 1.82) is 0 Å². The molecule has 4 nitrogen and oxygen atoms in total. The maximum absolute atomic E-state index is 12.8. The van der Waals surface area contributed by atoms with Crippen molar-refractivity contribution in [3.63, 3.8) is 0 Å². The molecule has 2 fully saturated rings. The van der Waals surface area contributed by atoms with Crippen LogP contribution in [0.15, 0.2) is 5.03 Å². The van der Waals surface area contributed by atoms with Gasteiger partial charge in [0.05, 0.1) is 5.75 Å². The number of amides is 1. The number of hydrogen-bond acceptors (Lipinski definition) is 5. The molecule has 1 saturated heterocycles. The lowest BCUT2D eigenvalue weighted by Crippen LogP contribution is -2.45. The van der Waals surface area contributed by atoms with Crippen molar-refractivity contribution in [3.8, 4) is 0 Å². The first kappa shape index (κ1) is 18.2. The molecule has 0 radical (unpaired) electrons. The van der Waals surface area contributed by atoms with Crippen molar-refractivity contribution in [3.05, 3.63) is 16.3 Å². The number of likely N-dealkylation sites (tertiary alicyclic amines) is 1. The molecule has 1 aliphatic carbocycles. The zero-order chi connectivity index (χ0) is 18.3. The molecule has 1 amide bonds. The van der Waals surface area contributed by atoms with Gasteiger partial charge in [-0.3, -0.25) is 4.79 Å². The summed E-state index contributed by atoms with van der Waals surface area (Å²) >= 11 is 3.31. The van der Waals surface area contributed by atoms with Gasteiger partial charge in [-0.2, -0.15) is 0 Å². The van der Waals surface area contributed by atoms with Gasteiger partial charge in [0.1, 0.15) is 15.7 Å². The fraction of sp³-hybridized carbons (Fsp3) is 0.650. The molecule has 1 aliphatic heterocycles. The average molecular weight is 390 g/mol. The van der Waals surface area contributed by atoms with Crippen molar-refractivity contribution >= 4 is 39.2 Å². The van der Waals surface area contributed by atoms with Gasteiger partial charge in [-0.05, 0) is 51.0 Å². The Labute approximate surface area is 163 Å². The average Bonchev–Trinajstić information content (AvgIpc) is 2.92. The fourth-order valence-corrected chi connectivity index (χ4v) is 6.64. The second-order valence-electron chi connectivity index (χ2n) is 7.76. The number of hydrogen-bond donors (Lipinski definition) is 0. The monoisotopic (exact) mass is 389 g/mol. The lowest BCUT2D eigenvalue weighted by molar-refractivity contribution is -0.131. The summed E-state index contributed by atoms with van der Waals surface area (Å²) in [6.07, 6.45) is 6.60. The molecule has 0 N–H and O–H groups in total. The third kappa shape index (κ3) is 3.50. The lowest BCUT2D eigenvalue weighted by atomic mass is 9.75.